The molecular weight excluding hydrogens is 508 g/mol. The second-order valence-electron chi connectivity index (χ2n) is 16.4. The van der Waals surface area contributed by atoms with Gasteiger partial charge in [0.05, 0.1) is 41.2 Å². The average molecular weight is 559 g/mol. The van der Waals surface area contributed by atoms with Gasteiger partial charge >= 0.3 is 0 Å². The van der Waals surface area contributed by atoms with Crippen LogP contribution in [-0.2, 0) is 28.5 Å². The largest absolute Gasteiger partial charge is 0.385 e. The fourth-order valence-corrected chi connectivity index (χ4v) is 10.8. The summed E-state index contributed by atoms with van der Waals surface area (Å²) in [5.74, 6) is -1.03. The summed E-state index contributed by atoms with van der Waals surface area (Å²) >= 11 is 0. The van der Waals surface area contributed by atoms with E-state index in [1.807, 2.05) is 33.8 Å². The molecule has 0 aromatic heterocycles. The van der Waals surface area contributed by atoms with Gasteiger partial charge in [0.2, 0.25) is 0 Å². The first-order valence-corrected chi connectivity index (χ1v) is 15.7. The van der Waals surface area contributed by atoms with Crippen LogP contribution in [0.3, 0.4) is 0 Å². The third-order valence-electron chi connectivity index (χ3n) is 12.8. The lowest BCUT2D eigenvalue weighted by atomic mass is 9.45. The lowest BCUT2D eigenvalue weighted by Crippen LogP contribution is -2.62. The predicted octanol–water partition coefficient (Wildman–Crippen LogP) is 5.47. The zero-order valence-corrected chi connectivity index (χ0v) is 26.0. The molecule has 7 aliphatic rings. The first kappa shape index (κ1) is 28.0. The minimum absolute atomic E-state index is 0.0116. The van der Waals surface area contributed by atoms with Crippen molar-refractivity contribution in [3.8, 4) is 0 Å². The van der Waals surface area contributed by atoms with Crippen LogP contribution >= 0.6 is 0 Å². The van der Waals surface area contributed by atoms with Crippen molar-refractivity contribution < 1.29 is 33.6 Å². The normalized spacial score (nSPS) is 55.2. The molecular formula is C33H50O7. The molecule has 3 saturated carbocycles. The number of aliphatic hydroxyl groups is 1. The van der Waals surface area contributed by atoms with Crippen molar-refractivity contribution in [2.75, 3.05) is 0 Å². The number of carbonyl (C=O) groups is 1. The van der Waals surface area contributed by atoms with Crippen LogP contribution in [0, 0.1) is 28.6 Å². The Morgan fingerprint density at radius 1 is 0.825 bits per heavy atom. The van der Waals surface area contributed by atoms with E-state index in [0.29, 0.717) is 12.8 Å². The highest BCUT2D eigenvalue weighted by Crippen LogP contribution is 2.70. The standard InChI is InChI=1S/C33H50O7/c1-27(2)25(38-27)16-26-32(9,40-29(5,6)39-26)24-11-13-33(35)19-14-21(34)20-15-22-23(37-28(3,4)36-22)17-30(20,7)18(19)10-12-31(24,33)8/h14,18,20,22-26,35H,10-13,15-17H2,1-9H3/t18-,20-,22+,23-,24-,25+,26+,30+,31+,32+,33+/m0/s1. The van der Waals surface area contributed by atoms with Crippen LogP contribution in [0.4, 0.5) is 0 Å². The van der Waals surface area contributed by atoms with Gasteiger partial charge in [-0.15, -0.1) is 0 Å². The van der Waals surface area contributed by atoms with Crippen LogP contribution in [0.1, 0.15) is 107 Å². The zero-order valence-electron chi connectivity index (χ0n) is 26.0. The van der Waals surface area contributed by atoms with Gasteiger partial charge in [0, 0.05) is 17.8 Å². The monoisotopic (exact) mass is 558 g/mol. The Morgan fingerprint density at radius 3 is 2.17 bits per heavy atom. The number of hydrogen-bond donors (Lipinski definition) is 1. The minimum Gasteiger partial charge on any atom is -0.385 e. The van der Waals surface area contributed by atoms with Crippen LogP contribution in [0.5, 0.6) is 0 Å². The first-order chi connectivity index (χ1) is 18.3. The van der Waals surface area contributed by atoms with Crippen molar-refractivity contribution in [2.24, 2.45) is 28.6 Å². The number of ketones is 1. The maximum atomic E-state index is 13.9. The van der Waals surface area contributed by atoms with Crippen LogP contribution < -0.4 is 0 Å². The summed E-state index contributed by atoms with van der Waals surface area (Å²) in [4.78, 5) is 13.9. The lowest BCUT2D eigenvalue weighted by molar-refractivity contribution is -0.190. The molecule has 3 saturated heterocycles. The Kier molecular flexibility index (Phi) is 5.60. The van der Waals surface area contributed by atoms with E-state index in [1.54, 1.807) is 0 Å². The number of rotatable bonds is 3. The Balaban J connectivity index is 1.22. The summed E-state index contributed by atoms with van der Waals surface area (Å²) in [5.41, 5.74) is -1.46. The maximum absolute atomic E-state index is 13.9. The highest BCUT2D eigenvalue weighted by molar-refractivity contribution is 5.95. The van der Waals surface area contributed by atoms with Gasteiger partial charge in [-0.3, -0.25) is 4.79 Å². The highest BCUT2D eigenvalue weighted by Gasteiger charge is 2.72. The van der Waals surface area contributed by atoms with Gasteiger partial charge in [-0.05, 0) is 116 Å². The van der Waals surface area contributed by atoms with Gasteiger partial charge in [0.25, 0.3) is 0 Å². The fraction of sp³-hybridized carbons (Fsp3) is 0.909. The van der Waals surface area contributed by atoms with Gasteiger partial charge < -0.3 is 28.8 Å². The second-order valence-corrected chi connectivity index (χ2v) is 16.4. The first-order valence-electron chi connectivity index (χ1n) is 15.7. The maximum Gasteiger partial charge on any atom is 0.164 e. The van der Waals surface area contributed by atoms with Crippen molar-refractivity contribution in [3.05, 3.63) is 11.6 Å². The van der Waals surface area contributed by atoms with E-state index in [1.165, 1.54) is 0 Å². The van der Waals surface area contributed by atoms with Gasteiger partial charge in [0.15, 0.2) is 17.4 Å². The molecule has 0 unspecified atom stereocenters. The third kappa shape index (κ3) is 3.67. The van der Waals surface area contributed by atoms with Crippen molar-refractivity contribution >= 4 is 5.78 Å². The lowest BCUT2D eigenvalue weighted by Gasteiger charge is -2.60. The topological polar surface area (TPSA) is 86.8 Å². The minimum atomic E-state index is -1.05. The molecule has 3 heterocycles. The molecule has 11 atom stereocenters. The number of carbonyl (C=O) groups excluding carboxylic acids is 1. The van der Waals surface area contributed by atoms with Crippen LogP contribution in [0.25, 0.3) is 0 Å². The quantitative estimate of drug-likeness (QED) is 0.460. The number of fused-ring (bicyclic) bond motifs is 6. The second kappa shape index (κ2) is 8.00. The highest BCUT2D eigenvalue weighted by atomic mass is 16.8. The Morgan fingerprint density at radius 2 is 1.50 bits per heavy atom. The summed E-state index contributed by atoms with van der Waals surface area (Å²) in [6.45, 7) is 18.9. The molecule has 0 bridgehead atoms. The van der Waals surface area contributed by atoms with E-state index >= 15 is 0 Å². The number of ether oxygens (including phenoxy) is 5. The molecule has 0 spiro atoms. The molecule has 7 nitrogen and oxygen atoms in total. The van der Waals surface area contributed by atoms with E-state index in [9.17, 15) is 9.90 Å². The van der Waals surface area contributed by atoms with Gasteiger partial charge in [0.1, 0.15) is 0 Å². The van der Waals surface area contributed by atoms with E-state index in [-0.39, 0.29) is 59.0 Å². The molecule has 224 valence electrons. The number of hydrogen-bond acceptors (Lipinski definition) is 7. The molecule has 4 aliphatic carbocycles. The smallest absolute Gasteiger partial charge is 0.164 e. The summed E-state index contributed by atoms with van der Waals surface area (Å²) in [7, 11) is 0. The molecule has 6 fully saturated rings. The van der Waals surface area contributed by atoms with Gasteiger partial charge in [-0.2, -0.15) is 0 Å². The zero-order chi connectivity index (χ0) is 28.9. The molecule has 40 heavy (non-hydrogen) atoms. The van der Waals surface area contributed by atoms with Crippen LogP contribution in [0.2, 0.25) is 0 Å². The van der Waals surface area contributed by atoms with Crippen molar-refractivity contribution in [1.82, 2.24) is 0 Å². The Hall–Kier alpha value is -0.830. The molecule has 0 aromatic rings. The third-order valence-corrected chi connectivity index (χ3v) is 12.8. The molecule has 0 radical (unpaired) electrons. The SMILES string of the molecule is CC1(C)O[C@H]2C[C@@]3(C)[C@@H](C[C@H]2O1)C(=O)C=C1[C@@H]3CC[C@]2(C)[C@@H]([C@@]3(C)OC(C)(C)O[C@@H]3C[C@H]3OC3(C)C)CC[C@@]12O. The van der Waals surface area contributed by atoms with E-state index in [4.69, 9.17) is 23.7 Å². The van der Waals surface area contributed by atoms with Crippen molar-refractivity contribution in [3.63, 3.8) is 0 Å². The molecule has 7 heteroatoms. The summed E-state index contributed by atoms with van der Waals surface area (Å²) < 4.78 is 31.9. The van der Waals surface area contributed by atoms with Gasteiger partial charge in [-0.25, -0.2) is 0 Å². The predicted molar refractivity (Wildman–Crippen MR) is 148 cm³/mol. The molecule has 0 amide bonds. The molecule has 1 N–H and O–H groups in total. The van der Waals surface area contributed by atoms with Crippen LogP contribution in [-0.4, -0.2) is 63.7 Å². The number of epoxide rings is 1. The summed E-state index contributed by atoms with van der Waals surface area (Å²) in [6.07, 6.45) is 7.41. The Bertz CT molecular complexity index is 1160. The van der Waals surface area contributed by atoms with Gasteiger partial charge in [-0.1, -0.05) is 13.8 Å². The summed E-state index contributed by atoms with van der Waals surface area (Å²) in [5, 5.41) is 12.8. The fourth-order valence-electron chi connectivity index (χ4n) is 10.8. The molecule has 7 rings (SSSR count). The van der Waals surface area contributed by atoms with E-state index in [0.717, 1.165) is 37.7 Å². The number of allylic oxidation sites excluding steroid dienone is 1. The van der Waals surface area contributed by atoms with Crippen molar-refractivity contribution in [1.29, 1.82) is 0 Å². The molecule has 0 aromatic carbocycles. The average Bonchev–Trinajstić information content (AvgIpc) is 3.03. The van der Waals surface area contributed by atoms with Crippen molar-refractivity contribution in [2.45, 2.75) is 160 Å². The van der Waals surface area contributed by atoms with E-state index < -0.39 is 28.2 Å². The Labute approximate surface area is 239 Å². The molecule has 3 aliphatic heterocycles. The summed E-state index contributed by atoms with van der Waals surface area (Å²) in [6, 6.07) is 0. The van der Waals surface area contributed by atoms with Crippen LogP contribution in [0.15, 0.2) is 11.6 Å². The van der Waals surface area contributed by atoms with E-state index in [2.05, 4.69) is 34.6 Å².